The lowest BCUT2D eigenvalue weighted by molar-refractivity contribution is -0.118. The molecule has 3 rings (SSSR count). The molecule has 2 aromatic heterocycles. The van der Waals surface area contributed by atoms with Crippen molar-refractivity contribution in [1.29, 1.82) is 10.7 Å². The summed E-state index contributed by atoms with van der Waals surface area (Å²) >= 11 is 0. The van der Waals surface area contributed by atoms with Crippen molar-refractivity contribution < 1.29 is 4.79 Å². The number of aromatic nitrogens is 3. The molecule has 3 aromatic rings. The highest BCUT2D eigenvalue weighted by molar-refractivity contribution is 5.95. The monoisotopic (exact) mass is 428 g/mol. The summed E-state index contributed by atoms with van der Waals surface area (Å²) in [7, 11) is 1.85. The Morgan fingerprint density at radius 1 is 1.19 bits per heavy atom. The lowest BCUT2D eigenvalue weighted by atomic mass is 10.1. The van der Waals surface area contributed by atoms with E-state index in [1.54, 1.807) is 23.1 Å². The van der Waals surface area contributed by atoms with Crippen LogP contribution in [0.1, 0.15) is 11.6 Å². The fraction of sp³-hybridized carbons (Fsp3) is 0.174. The first kappa shape index (κ1) is 22.4. The van der Waals surface area contributed by atoms with Crippen LogP contribution in [-0.2, 0) is 11.8 Å². The normalized spacial score (nSPS) is 11.9. The highest BCUT2D eigenvalue weighted by Crippen LogP contribution is 2.20. The molecule has 2 heterocycles. The zero-order valence-corrected chi connectivity index (χ0v) is 17.6. The van der Waals surface area contributed by atoms with Crippen LogP contribution < -0.4 is 16.0 Å². The third-order valence-electron chi connectivity index (χ3n) is 4.61. The van der Waals surface area contributed by atoms with Gasteiger partial charge in [-0.1, -0.05) is 30.3 Å². The van der Waals surface area contributed by atoms with Gasteiger partial charge in [0.25, 0.3) is 0 Å². The zero-order chi connectivity index (χ0) is 22.8. The summed E-state index contributed by atoms with van der Waals surface area (Å²) in [6, 6.07) is 14.4. The summed E-state index contributed by atoms with van der Waals surface area (Å²) in [6.07, 6.45) is 7.81. The fourth-order valence-electron chi connectivity index (χ4n) is 2.99. The molecule has 1 amide bonds. The van der Waals surface area contributed by atoms with E-state index in [9.17, 15) is 4.79 Å². The summed E-state index contributed by atoms with van der Waals surface area (Å²) in [4.78, 5) is 17.4. The number of pyridine rings is 1. The molecule has 162 valence electrons. The number of hydrogen-bond acceptors (Lipinski definition) is 7. The van der Waals surface area contributed by atoms with E-state index in [-0.39, 0.29) is 11.5 Å². The topological polar surface area (TPSA) is 132 Å². The molecule has 0 fully saturated rings. The first-order valence-electron chi connectivity index (χ1n) is 9.99. The lowest BCUT2D eigenvalue weighted by Crippen LogP contribution is -2.36. The Labute approximate surface area is 186 Å². The molecule has 9 nitrogen and oxygen atoms in total. The number of anilines is 1. The minimum absolute atomic E-state index is 0.225. The number of nitriles is 1. The van der Waals surface area contributed by atoms with Crippen molar-refractivity contribution in [1.82, 2.24) is 25.4 Å². The number of carbonyl (C=O) groups excluding carboxylic acids is 1. The SMILES string of the molecule is Cn1cc(-c2ccc(NC(=O)C(NCCN/C=C(/C#N)C=N)c3ccccc3)nc2)cn1. The second-order valence-corrected chi connectivity index (χ2v) is 6.93. The molecule has 0 saturated carbocycles. The molecule has 1 atom stereocenters. The van der Waals surface area contributed by atoms with Crippen LogP contribution in [-0.4, -0.2) is 40.0 Å². The maximum atomic E-state index is 13.0. The summed E-state index contributed by atoms with van der Waals surface area (Å²) in [5.41, 5.74) is 2.91. The number of carbonyl (C=O) groups is 1. The summed E-state index contributed by atoms with van der Waals surface area (Å²) in [6.45, 7) is 0.946. The summed E-state index contributed by atoms with van der Waals surface area (Å²) in [5, 5.41) is 29.1. The maximum Gasteiger partial charge on any atom is 0.247 e. The van der Waals surface area contributed by atoms with Crippen molar-refractivity contribution in [3.05, 3.63) is 78.4 Å². The highest BCUT2D eigenvalue weighted by atomic mass is 16.2. The number of benzene rings is 1. The van der Waals surface area contributed by atoms with Crippen molar-refractivity contribution in [2.45, 2.75) is 6.04 Å². The van der Waals surface area contributed by atoms with Crippen LogP contribution in [0.15, 0.2) is 72.8 Å². The van der Waals surface area contributed by atoms with Crippen molar-refractivity contribution in [2.24, 2.45) is 7.05 Å². The smallest absolute Gasteiger partial charge is 0.247 e. The number of amides is 1. The van der Waals surface area contributed by atoms with Gasteiger partial charge in [-0.05, 0) is 17.7 Å². The molecule has 1 aromatic carbocycles. The van der Waals surface area contributed by atoms with Crippen LogP contribution in [0.4, 0.5) is 5.82 Å². The second kappa shape index (κ2) is 11.2. The van der Waals surface area contributed by atoms with Crippen LogP contribution in [0.3, 0.4) is 0 Å². The lowest BCUT2D eigenvalue weighted by Gasteiger charge is -2.19. The number of hydrogen-bond donors (Lipinski definition) is 4. The number of nitrogens with one attached hydrogen (secondary N) is 4. The number of aryl methyl sites for hydroxylation is 1. The Kier molecular flexibility index (Phi) is 7.84. The van der Waals surface area contributed by atoms with E-state index in [1.165, 1.54) is 6.20 Å². The van der Waals surface area contributed by atoms with Gasteiger partial charge in [0, 0.05) is 56.1 Å². The molecule has 0 bridgehead atoms. The quantitative estimate of drug-likeness (QED) is 0.223. The van der Waals surface area contributed by atoms with E-state index in [1.807, 2.05) is 55.7 Å². The third-order valence-corrected chi connectivity index (χ3v) is 4.61. The molecule has 0 aliphatic carbocycles. The fourth-order valence-corrected chi connectivity index (χ4v) is 2.99. The van der Waals surface area contributed by atoms with Gasteiger partial charge in [-0.15, -0.1) is 0 Å². The van der Waals surface area contributed by atoms with E-state index in [2.05, 4.69) is 26.0 Å². The minimum atomic E-state index is -0.583. The Morgan fingerprint density at radius 3 is 2.62 bits per heavy atom. The molecular weight excluding hydrogens is 404 g/mol. The van der Waals surface area contributed by atoms with E-state index in [4.69, 9.17) is 10.7 Å². The van der Waals surface area contributed by atoms with Crippen LogP contribution in [0, 0.1) is 16.7 Å². The van der Waals surface area contributed by atoms with Crippen molar-refractivity contribution >= 4 is 17.9 Å². The van der Waals surface area contributed by atoms with E-state index < -0.39 is 6.04 Å². The van der Waals surface area contributed by atoms with E-state index in [0.29, 0.717) is 18.9 Å². The van der Waals surface area contributed by atoms with Gasteiger partial charge >= 0.3 is 0 Å². The zero-order valence-electron chi connectivity index (χ0n) is 17.6. The largest absolute Gasteiger partial charge is 0.389 e. The molecule has 4 N–H and O–H groups in total. The van der Waals surface area contributed by atoms with Crippen LogP contribution in [0.25, 0.3) is 11.1 Å². The standard InChI is InChI=1S/C23H24N8O/c1-31-16-20(15-29-31)19-7-8-21(28-14-19)30-23(32)22(18-5-3-2-4-6-18)27-10-9-26-13-17(11-24)12-25/h2-8,11,13-16,22,24,26-27H,9-10H2,1H3,(H,28,30,32)/b17-13+,24-11?. The molecule has 0 radical (unpaired) electrons. The number of allylic oxidation sites excluding steroid dienone is 1. The first-order chi connectivity index (χ1) is 15.6. The predicted molar refractivity (Wildman–Crippen MR) is 123 cm³/mol. The van der Waals surface area contributed by atoms with Gasteiger partial charge in [-0.3, -0.25) is 9.48 Å². The van der Waals surface area contributed by atoms with Crippen molar-refractivity contribution in [3.63, 3.8) is 0 Å². The molecular formula is C23H24N8O. The van der Waals surface area contributed by atoms with E-state index >= 15 is 0 Å². The van der Waals surface area contributed by atoms with Crippen LogP contribution >= 0.6 is 0 Å². The van der Waals surface area contributed by atoms with Crippen LogP contribution in [0.2, 0.25) is 0 Å². The van der Waals surface area contributed by atoms with Crippen molar-refractivity contribution in [2.75, 3.05) is 18.4 Å². The Morgan fingerprint density at radius 2 is 2.00 bits per heavy atom. The van der Waals surface area contributed by atoms with Gasteiger partial charge in [-0.25, -0.2) is 4.98 Å². The Balaban J connectivity index is 1.64. The molecule has 0 aliphatic heterocycles. The molecule has 0 spiro atoms. The number of nitrogens with zero attached hydrogens (tertiary/aromatic N) is 4. The molecule has 0 aliphatic rings. The molecule has 1 unspecified atom stereocenters. The average molecular weight is 429 g/mol. The van der Waals surface area contributed by atoms with Gasteiger partial charge in [0.1, 0.15) is 17.9 Å². The first-order valence-corrected chi connectivity index (χ1v) is 9.99. The van der Waals surface area contributed by atoms with Gasteiger partial charge in [0.05, 0.1) is 11.8 Å². The van der Waals surface area contributed by atoms with Crippen LogP contribution in [0.5, 0.6) is 0 Å². The van der Waals surface area contributed by atoms with Gasteiger partial charge in [-0.2, -0.15) is 10.4 Å². The minimum Gasteiger partial charge on any atom is -0.389 e. The summed E-state index contributed by atoms with van der Waals surface area (Å²) in [5.74, 6) is 0.224. The van der Waals surface area contributed by atoms with Gasteiger partial charge < -0.3 is 21.4 Å². The second-order valence-electron chi connectivity index (χ2n) is 6.93. The van der Waals surface area contributed by atoms with Gasteiger partial charge in [0.2, 0.25) is 5.91 Å². The van der Waals surface area contributed by atoms with E-state index in [0.717, 1.165) is 22.9 Å². The molecule has 0 saturated heterocycles. The number of rotatable bonds is 10. The molecule has 9 heteroatoms. The molecule has 32 heavy (non-hydrogen) atoms. The Bertz CT molecular complexity index is 1110. The highest BCUT2D eigenvalue weighted by Gasteiger charge is 2.20. The summed E-state index contributed by atoms with van der Waals surface area (Å²) < 4.78 is 1.72. The van der Waals surface area contributed by atoms with Crippen molar-refractivity contribution in [3.8, 4) is 17.2 Å². The average Bonchev–Trinajstić information content (AvgIpc) is 3.26. The predicted octanol–water partition coefficient (Wildman–Crippen LogP) is 2.40. The maximum absolute atomic E-state index is 13.0. The van der Waals surface area contributed by atoms with Gasteiger partial charge in [0.15, 0.2) is 0 Å². The third kappa shape index (κ3) is 6.10. The Hall–Kier alpha value is -4.29.